The molecule has 1 saturated heterocycles. The predicted molar refractivity (Wildman–Crippen MR) is 125 cm³/mol. The minimum atomic E-state index is 0.224. The van der Waals surface area contributed by atoms with Gasteiger partial charge in [0.25, 0.3) is 0 Å². The number of hydrogen-bond donors (Lipinski definition) is 0. The van der Waals surface area contributed by atoms with E-state index in [4.69, 9.17) is 0 Å². The van der Waals surface area contributed by atoms with Crippen molar-refractivity contribution in [2.75, 3.05) is 18.0 Å². The maximum atomic E-state index is 12.6. The average molecular weight is 406 g/mol. The predicted octanol–water partition coefficient (Wildman–Crippen LogP) is 6.38. The van der Waals surface area contributed by atoms with E-state index >= 15 is 0 Å². The summed E-state index contributed by atoms with van der Waals surface area (Å²) >= 11 is 0. The summed E-state index contributed by atoms with van der Waals surface area (Å²) in [5.41, 5.74) is 4.59. The van der Waals surface area contributed by atoms with Crippen LogP contribution in [0.4, 0.5) is 5.69 Å². The van der Waals surface area contributed by atoms with Crippen LogP contribution in [0.1, 0.15) is 86.7 Å². The quantitative estimate of drug-likeness (QED) is 0.478. The Hall–Kier alpha value is -2.42. The van der Waals surface area contributed by atoms with E-state index in [0.29, 0.717) is 24.0 Å². The van der Waals surface area contributed by atoms with E-state index in [2.05, 4.69) is 62.1 Å². The number of rotatable bonds is 8. The first kappa shape index (κ1) is 22.3. The van der Waals surface area contributed by atoms with Crippen molar-refractivity contribution < 1.29 is 9.59 Å². The summed E-state index contributed by atoms with van der Waals surface area (Å²) in [6.07, 6.45) is 3.33. The van der Waals surface area contributed by atoms with Crippen molar-refractivity contribution in [3.63, 3.8) is 0 Å². The number of benzene rings is 2. The van der Waals surface area contributed by atoms with Crippen molar-refractivity contribution >= 4 is 17.3 Å². The van der Waals surface area contributed by atoms with Crippen LogP contribution in [0.25, 0.3) is 0 Å². The number of ketones is 2. The first-order chi connectivity index (χ1) is 14.3. The number of hydrogen-bond acceptors (Lipinski definition) is 3. The molecule has 0 amide bonds. The molecule has 0 spiro atoms. The first-order valence-corrected chi connectivity index (χ1v) is 11.3. The van der Waals surface area contributed by atoms with Crippen molar-refractivity contribution in [3.8, 4) is 0 Å². The second kappa shape index (κ2) is 10.1. The molecule has 2 aromatic carbocycles. The molecule has 1 aliphatic heterocycles. The van der Waals surface area contributed by atoms with Gasteiger partial charge in [0, 0.05) is 36.7 Å². The van der Waals surface area contributed by atoms with E-state index in [9.17, 15) is 9.59 Å². The van der Waals surface area contributed by atoms with Gasteiger partial charge >= 0.3 is 0 Å². The molecular formula is C27H35NO2. The van der Waals surface area contributed by atoms with Crippen molar-refractivity contribution in [2.24, 2.45) is 5.92 Å². The molecule has 1 heterocycles. The molecule has 0 radical (unpaired) electrons. The molecule has 30 heavy (non-hydrogen) atoms. The topological polar surface area (TPSA) is 37.4 Å². The molecule has 1 aliphatic rings. The van der Waals surface area contributed by atoms with Crippen LogP contribution in [0, 0.1) is 5.92 Å². The highest BCUT2D eigenvalue weighted by Crippen LogP contribution is 2.27. The molecule has 1 unspecified atom stereocenters. The Labute approximate surface area is 181 Å². The van der Waals surface area contributed by atoms with Gasteiger partial charge in [0.2, 0.25) is 0 Å². The lowest BCUT2D eigenvalue weighted by Crippen LogP contribution is -2.35. The van der Waals surface area contributed by atoms with Gasteiger partial charge in [-0.1, -0.05) is 57.2 Å². The molecule has 0 N–H and O–H groups in total. The summed E-state index contributed by atoms with van der Waals surface area (Å²) in [7, 11) is 0. The third-order valence-corrected chi connectivity index (χ3v) is 6.60. The molecule has 0 aromatic heterocycles. The third kappa shape index (κ3) is 5.59. The van der Waals surface area contributed by atoms with E-state index in [1.165, 1.54) is 16.8 Å². The lowest BCUT2D eigenvalue weighted by atomic mass is 9.92. The van der Waals surface area contributed by atoms with E-state index in [1.54, 1.807) is 6.92 Å². The standard InChI is InChI=1S/C27H35NO2/c1-19(2)22-6-8-25(9-7-22)27(30)14-5-20(3)23-10-12-26(13-11-23)28-17-15-24(16-18-28)21(4)29/h6-13,19-20,24H,5,14-18H2,1-4H3. The second-order valence-electron chi connectivity index (χ2n) is 9.10. The summed E-state index contributed by atoms with van der Waals surface area (Å²) < 4.78 is 0. The molecule has 160 valence electrons. The molecule has 3 nitrogen and oxygen atoms in total. The minimum Gasteiger partial charge on any atom is -0.371 e. The van der Waals surface area contributed by atoms with E-state index in [0.717, 1.165) is 37.9 Å². The van der Waals surface area contributed by atoms with Gasteiger partial charge in [-0.05, 0) is 61.3 Å². The van der Waals surface area contributed by atoms with Crippen LogP contribution in [-0.2, 0) is 4.79 Å². The van der Waals surface area contributed by atoms with Gasteiger partial charge < -0.3 is 4.90 Å². The van der Waals surface area contributed by atoms with Crippen LogP contribution in [0.15, 0.2) is 48.5 Å². The normalized spacial score (nSPS) is 16.0. The molecule has 0 aliphatic carbocycles. The zero-order valence-corrected chi connectivity index (χ0v) is 18.9. The third-order valence-electron chi connectivity index (χ3n) is 6.60. The van der Waals surface area contributed by atoms with Crippen molar-refractivity contribution in [1.29, 1.82) is 0 Å². The van der Waals surface area contributed by atoms with Crippen molar-refractivity contribution in [2.45, 2.75) is 65.2 Å². The number of Topliss-reactive ketones (excluding diaryl/α,β-unsaturated/α-hetero) is 2. The van der Waals surface area contributed by atoms with Gasteiger partial charge in [-0.3, -0.25) is 9.59 Å². The fraction of sp³-hybridized carbons (Fsp3) is 0.481. The Morgan fingerprint density at radius 3 is 2.00 bits per heavy atom. The van der Waals surface area contributed by atoms with E-state index < -0.39 is 0 Å². The summed E-state index contributed by atoms with van der Waals surface area (Å²) in [4.78, 5) is 26.5. The fourth-order valence-corrected chi connectivity index (χ4v) is 4.27. The Bertz CT molecular complexity index is 843. The zero-order valence-electron chi connectivity index (χ0n) is 18.9. The Balaban J connectivity index is 1.51. The Morgan fingerprint density at radius 1 is 0.900 bits per heavy atom. The van der Waals surface area contributed by atoms with Crippen molar-refractivity contribution in [1.82, 2.24) is 0 Å². The molecule has 0 bridgehead atoms. The maximum Gasteiger partial charge on any atom is 0.162 e. The molecule has 0 saturated carbocycles. The summed E-state index contributed by atoms with van der Waals surface area (Å²) in [6, 6.07) is 16.8. The smallest absolute Gasteiger partial charge is 0.162 e. The highest BCUT2D eigenvalue weighted by Gasteiger charge is 2.22. The van der Waals surface area contributed by atoms with Crippen LogP contribution in [0.2, 0.25) is 0 Å². The van der Waals surface area contributed by atoms with Crippen LogP contribution in [0.3, 0.4) is 0 Å². The Morgan fingerprint density at radius 2 is 1.47 bits per heavy atom. The molecule has 1 atom stereocenters. The number of nitrogens with zero attached hydrogens (tertiary/aromatic N) is 1. The highest BCUT2D eigenvalue weighted by molar-refractivity contribution is 5.96. The van der Waals surface area contributed by atoms with Gasteiger partial charge in [0.05, 0.1) is 0 Å². The zero-order chi connectivity index (χ0) is 21.7. The minimum absolute atomic E-state index is 0.224. The summed E-state index contributed by atoms with van der Waals surface area (Å²) in [6.45, 7) is 10.1. The van der Waals surface area contributed by atoms with E-state index in [-0.39, 0.29) is 11.7 Å². The van der Waals surface area contributed by atoms with Gasteiger partial charge in [-0.15, -0.1) is 0 Å². The number of carbonyl (C=O) groups is 2. The summed E-state index contributed by atoms with van der Waals surface area (Å²) in [5.74, 6) is 1.62. The van der Waals surface area contributed by atoms with Gasteiger partial charge in [0.15, 0.2) is 5.78 Å². The van der Waals surface area contributed by atoms with Gasteiger partial charge in [0.1, 0.15) is 5.78 Å². The van der Waals surface area contributed by atoms with Crippen LogP contribution < -0.4 is 4.90 Å². The van der Waals surface area contributed by atoms with Gasteiger partial charge in [-0.2, -0.15) is 0 Å². The molecule has 3 heteroatoms. The Kier molecular flexibility index (Phi) is 7.47. The lowest BCUT2D eigenvalue weighted by Gasteiger charge is -2.32. The molecule has 1 fully saturated rings. The average Bonchev–Trinajstić information content (AvgIpc) is 2.77. The maximum absolute atomic E-state index is 12.6. The first-order valence-electron chi connectivity index (χ1n) is 11.3. The highest BCUT2D eigenvalue weighted by atomic mass is 16.1. The van der Waals surface area contributed by atoms with Crippen LogP contribution >= 0.6 is 0 Å². The van der Waals surface area contributed by atoms with Gasteiger partial charge in [-0.25, -0.2) is 0 Å². The molecule has 2 aromatic rings. The number of piperidine rings is 1. The van der Waals surface area contributed by atoms with Crippen molar-refractivity contribution in [3.05, 3.63) is 65.2 Å². The monoisotopic (exact) mass is 405 g/mol. The molecule has 3 rings (SSSR count). The SMILES string of the molecule is CC(=O)C1CCN(c2ccc(C(C)CCC(=O)c3ccc(C(C)C)cc3)cc2)CC1. The number of anilines is 1. The van der Waals surface area contributed by atoms with Crippen LogP contribution in [-0.4, -0.2) is 24.7 Å². The van der Waals surface area contributed by atoms with E-state index in [1.807, 2.05) is 12.1 Å². The number of carbonyl (C=O) groups excluding carboxylic acids is 2. The largest absolute Gasteiger partial charge is 0.371 e. The fourth-order valence-electron chi connectivity index (χ4n) is 4.27. The molecular weight excluding hydrogens is 370 g/mol. The van der Waals surface area contributed by atoms with Crippen LogP contribution in [0.5, 0.6) is 0 Å². The second-order valence-corrected chi connectivity index (χ2v) is 9.10. The lowest BCUT2D eigenvalue weighted by molar-refractivity contribution is -0.121. The summed E-state index contributed by atoms with van der Waals surface area (Å²) in [5, 5.41) is 0.